The lowest BCUT2D eigenvalue weighted by Crippen LogP contribution is -2.04. The molecule has 1 aromatic carbocycles. The molecule has 0 bridgehead atoms. The highest BCUT2D eigenvalue weighted by Gasteiger charge is 2.14. The number of benzene rings is 1. The number of aryl methyl sites for hydroxylation is 4. The van der Waals surface area contributed by atoms with E-state index in [1.54, 1.807) is 17.7 Å². The predicted molar refractivity (Wildman–Crippen MR) is 82.5 cm³/mol. The highest BCUT2D eigenvalue weighted by atomic mass is 16.6. The summed E-state index contributed by atoms with van der Waals surface area (Å²) in [6, 6.07) is 3.44. The fraction of sp³-hybridized carbons (Fsp3) is 0.400. The summed E-state index contributed by atoms with van der Waals surface area (Å²) in [6.45, 7) is 6.38. The third-order valence-electron chi connectivity index (χ3n) is 3.54. The molecule has 1 N–H and O–H groups in total. The van der Waals surface area contributed by atoms with Crippen molar-refractivity contribution in [1.82, 2.24) is 9.78 Å². The smallest absolute Gasteiger partial charge is 0.274 e. The van der Waals surface area contributed by atoms with Crippen molar-refractivity contribution in [1.29, 1.82) is 0 Å². The first-order chi connectivity index (χ1) is 9.92. The molecule has 2 rings (SSSR count). The number of aromatic nitrogens is 2. The van der Waals surface area contributed by atoms with Gasteiger partial charge in [0.05, 0.1) is 10.6 Å². The number of anilines is 1. The van der Waals surface area contributed by atoms with Crippen molar-refractivity contribution >= 4 is 11.4 Å². The summed E-state index contributed by atoms with van der Waals surface area (Å²) in [7, 11) is 1.89. The molecular formula is C15H20N4O2. The molecule has 0 radical (unpaired) electrons. The summed E-state index contributed by atoms with van der Waals surface area (Å²) in [5, 5.41) is 18.7. The molecule has 1 aromatic heterocycles. The van der Waals surface area contributed by atoms with E-state index in [0.29, 0.717) is 12.1 Å². The molecule has 112 valence electrons. The van der Waals surface area contributed by atoms with Crippen molar-refractivity contribution in [2.24, 2.45) is 7.05 Å². The molecular weight excluding hydrogens is 268 g/mol. The largest absolute Gasteiger partial charge is 0.380 e. The molecule has 2 aromatic rings. The molecule has 0 unspecified atom stereocenters. The summed E-state index contributed by atoms with van der Waals surface area (Å²) < 4.78 is 1.79. The van der Waals surface area contributed by atoms with Crippen LogP contribution >= 0.6 is 0 Å². The van der Waals surface area contributed by atoms with Crippen LogP contribution in [0.4, 0.5) is 11.4 Å². The van der Waals surface area contributed by atoms with Crippen LogP contribution in [0.3, 0.4) is 0 Å². The highest BCUT2D eigenvalue weighted by Crippen LogP contribution is 2.26. The lowest BCUT2D eigenvalue weighted by Gasteiger charge is -2.10. The number of hydrogen-bond acceptors (Lipinski definition) is 4. The van der Waals surface area contributed by atoms with E-state index in [-0.39, 0.29) is 10.6 Å². The van der Waals surface area contributed by atoms with Gasteiger partial charge in [0.15, 0.2) is 0 Å². The van der Waals surface area contributed by atoms with Crippen LogP contribution in [0.1, 0.15) is 29.3 Å². The van der Waals surface area contributed by atoms with Gasteiger partial charge in [0.2, 0.25) is 0 Å². The number of nitrogens with one attached hydrogen (secondary N) is 1. The Hall–Kier alpha value is -2.37. The number of rotatable bonds is 5. The SMILES string of the molecule is CCc1nn(C)cc1CNc1cc([N+](=O)[O-])c(C)cc1C. The standard InChI is InChI=1S/C15H20N4O2/c1-5-13-12(9-18(4)17-13)8-16-14-7-15(19(20)21)11(3)6-10(14)2/h6-7,9,16H,5,8H2,1-4H3. The Morgan fingerprint density at radius 3 is 2.67 bits per heavy atom. The Labute approximate surface area is 123 Å². The summed E-state index contributed by atoms with van der Waals surface area (Å²) in [5.41, 5.74) is 4.77. The Morgan fingerprint density at radius 1 is 1.33 bits per heavy atom. The normalized spacial score (nSPS) is 10.7. The lowest BCUT2D eigenvalue weighted by atomic mass is 10.1. The van der Waals surface area contributed by atoms with E-state index in [0.717, 1.165) is 28.9 Å². The molecule has 0 atom stereocenters. The van der Waals surface area contributed by atoms with Gasteiger partial charge in [-0.1, -0.05) is 6.92 Å². The molecule has 21 heavy (non-hydrogen) atoms. The van der Waals surface area contributed by atoms with E-state index in [4.69, 9.17) is 0 Å². The van der Waals surface area contributed by atoms with E-state index in [1.165, 1.54) is 0 Å². The van der Waals surface area contributed by atoms with Crippen LogP contribution in [0, 0.1) is 24.0 Å². The van der Waals surface area contributed by atoms with Crippen molar-refractivity contribution in [3.05, 3.63) is 50.8 Å². The Bertz CT molecular complexity index is 677. The van der Waals surface area contributed by atoms with Crippen molar-refractivity contribution in [3.63, 3.8) is 0 Å². The van der Waals surface area contributed by atoms with Crippen LogP contribution in [-0.4, -0.2) is 14.7 Å². The average molecular weight is 288 g/mol. The van der Waals surface area contributed by atoms with E-state index in [2.05, 4.69) is 17.3 Å². The average Bonchev–Trinajstić information content (AvgIpc) is 2.77. The van der Waals surface area contributed by atoms with E-state index < -0.39 is 0 Å². The van der Waals surface area contributed by atoms with Gasteiger partial charge >= 0.3 is 0 Å². The first kappa shape index (κ1) is 15.0. The summed E-state index contributed by atoms with van der Waals surface area (Å²) >= 11 is 0. The molecule has 0 saturated heterocycles. The number of nitro benzene ring substituents is 1. The molecule has 0 fully saturated rings. The zero-order valence-electron chi connectivity index (χ0n) is 12.8. The first-order valence-corrected chi connectivity index (χ1v) is 6.93. The van der Waals surface area contributed by atoms with Gasteiger partial charge < -0.3 is 5.32 Å². The second kappa shape index (κ2) is 5.95. The Morgan fingerprint density at radius 2 is 2.05 bits per heavy atom. The predicted octanol–water partition coefficient (Wildman–Crippen LogP) is 3.12. The maximum absolute atomic E-state index is 11.0. The molecule has 6 heteroatoms. The van der Waals surface area contributed by atoms with Crippen LogP contribution in [0.2, 0.25) is 0 Å². The Kier molecular flexibility index (Phi) is 4.26. The van der Waals surface area contributed by atoms with Crippen molar-refractivity contribution in [3.8, 4) is 0 Å². The van der Waals surface area contributed by atoms with Crippen LogP contribution in [0.15, 0.2) is 18.3 Å². The number of nitrogens with zero attached hydrogens (tertiary/aromatic N) is 3. The Balaban J connectivity index is 2.23. The van der Waals surface area contributed by atoms with Crippen LogP contribution in [-0.2, 0) is 20.0 Å². The fourth-order valence-corrected chi connectivity index (χ4v) is 2.45. The monoisotopic (exact) mass is 288 g/mol. The number of hydrogen-bond donors (Lipinski definition) is 1. The van der Waals surface area contributed by atoms with Gasteiger partial charge in [0, 0.05) is 42.7 Å². The van der Waals surface area contributed by atoms with Gasteiger partial charge in [-0.25, -0.2) is 0 Å². The zero-order valence-corrected chi connectivity index (χ0v) is 12.8. The molecule has 0 aliphatic carbocycles. The molecule has 0 spiro atoms. The minimum absolute atomic E-state index is 0.144. The lowest BCUT2D eigenvalue weighted by molar-refractivity contribution is -0.385. The summed E-state index contributed by atoms with van der Waals surface area (Å²) in [4.78, 5) is 10.7. The van der Waals surface area contributed by atoms with Gasteiger partial charge in [-0.3, -0.25) is 14.8 Å². The van der Waals surface area contributed by atoms with Gasteiger partial charge in [0.1, 0.15) is 0 Å². The summed E-state index contributed by atoms with van der Waals surface area (Å²) in [6.07, 6.45) is 2.84. The van der Waals surface area contributed by atoms with Gasteiger partial charge in [0.25, 0.3) is 5.69 Å². The van der Waals surface area contributed by atoms with Gasteiger partial charge in [-0.2, -0.15) is 5.10 Å². The van der Waals surface area contributed by atoms with Crippen molar-refractivity contribution in [2.75, 3.05) is 5.32 Å². The molecule has 0 aliphatic rings. The number of nitro groups is 1. The first-order valence-electron chi connectivity index (χ1n) is 6.93. The van der Waals surface area contributed by atoms with Crippen molar-refractivity contribution < 1.29 is 4.92 Å². The third-order valence-corrected chi connectivity index (χ3v) is 3.54. The van der Waals surface area contributed by atoms with E-state index >= 15 is 0 Å². The van der Waals surface area contributed by atoms with Crippen LogP contribution in [0.25, 0.3) is 0 Å². The third kappa shape index (κ3) is 3.21. The maximum Gasteiger partial charge on any atom is 0.274 e. The minimum atomic E-state index is -0.346. The van der Waals surface area contributed by atoms with Crippen LogP contribution < -0.4 is 5.32 Å². The van der Waals surface area contributed by atoms with E-state index in [1.807, 2.05) is 26.2 Å². The zero-order chi connectivity index (χ0) is 15.6. The van der Waals surface area contributed by atoms with Crippen molar-refractivity contribution in [2.45, 2.75) is 33.7 Å². The molecule has 6 nitrogen and oxygen atoms in total. The van der Waals surface area contributed by atoms with Gasteiger partial charge in [-0.05, 0) is 31.9 Å². The second-order valence-corrected chi connectivity index (χ2v) is 5.19. The second-order valence-electron chi connectivity index (χ2n) is 5.19. The summed E-state index contributed by atoms with van der Waals surface area (Å²) in [5.74, 6) is 0. The molecule has 0 amide bonds. The molecule has 0 saturated carbocycles. The maximum atomic E-state index is 11.0. The van der Waals surface area contributed by atoms with E-state index in [9.17, 15) is 10.1 Å². The molecule has 1 heterocycles. The molecule has 0 aliphatic heterocycles. The highest BCUT2D eigenvalue weighted by molar-refractivity contribution is 5.60. The van der Waals surface area contributed by atoms with Crippen LogP contribution in [0.5, 0.6) is 0 Å². The van der Waals surface area contributed by atoms with Gasteiger partial charge in [-0.15, -0.1) is 0 Å². The fourth-order valence-electron chi connectivity index (χ4n) is 2.45. The quantitative estimate of drug-likeness (QED) is 0.677. The minimum Gasteiger partial charge on any atom is -0.380 e. The topological polar surface area (TPSA) is 73.0 Å².